The van der Waals surface area contributed by atoms with Gasteiger partial charge in [0.05, 0.1) is 25.5 Å². The van der Waals surface area contributed by atoms with E-state index in [0.717, 1.165) is 38.5 Å². The summed E-state index contributed by atoms with van der Waals surface area (Å²) in [7, 11) is 3.70. The number of aromatic nitrogens is 2. The number of halogens is 3. The van der Waals surface area contributed by atoms with Crippen molar-refractivity contribution in [2.24, 2.45) is 13.0 Å². The van der Waals surface area contributed by atoms with Crippen molar-refractivity contribution in [1.82, 2.24) is 14.7 Å². The largest absolute Gasteiger partial charge is 0.490 e. The molecule has 0 spiro atoms. The molecule has 3 rings (SSSR count). The van der Waals surface area contributed by atoms with Gasteiger partial charge in [0.15, 0.2) is 0 Å². The van der Waals surface area contributed by atoms with Gasteiger partial charge in [0.2, 0.25) is 0 Å². The van der Waals surface area contributed by atoms with Crippen LogP contribution in [0.5, 0.6) is 0 Å². The van der Waals surface area contributed by atoms with Gasteiger partial charge < -0.3 is 19.3 Å². The van der Waals surface area contributed by atoms with E-state index in [1.54, 1.807) is 7.11 Å². The maximum absolute atomic E-state index is 10.6. The number of carbonyl (C=O) groups is 1. The second-order valence-electron chi connectivity index (χ2n) is 7.84. The van der Waals surface area contributed by atoms with E-state index in [1.165, 1.54) is 24.9 Å². The predicted octanol–water partition coefficient (Wildman–Crippen LogP) is 2.13. The number of aliphatic carboxylic acids is 1. The minimum absolute atomic E-state index is 0.292. The minimum Gasteiger partial charge on any atom is -0.475 e. The normalized spacial score (nSPS) is 22.9. The summed E-state index contributed by atoms with van der Waals surface area (Å²) in [6.45, 7) is 5.46. The molecule has 0 unspecified atom stereocenters. The predicted molar refractivity (Wildman–Crippen MR) is 106 cm³/mol. The van der Waals surface area contributed by atoms with Crippen LogP contribution >= 0.6 is 0 Å². The lowest BCUT2D eigenvalue weighted by Crippen LogP contribution is -2.41. The van der Waals surface area contributed by atoms with Crippen molar-refractivity contribution < 1.29 is 37.3 Å². The standard InChI is InChI=1S/C18H31N3O3.C2HF3O2/c1-20-13-16(12-19-20)11-17-18(24-10-9-22-2)3-6-21(17)14-15-4-7-23-8-5-15;3-2(4,5)1(6)7/h12-13,15,17-18H,3-11,14H2,1-2H3;(H,6,7)/t17-,18-;/m0./s1. The Morgan fingerprint density at radius 2 is 1.97 bits per heavy atom. The minimum atomic E-state index is -5.08. The summed E-state index contributed by atoms with van der Waals surface area (Å²) in [6.07, 6.45) is 3.80. The average Bonchev–Trinajstić information content (AvgIpc) is 3.29. The molecule has 0 aliphatic carbocycles. The molecule has 1 N–H and O–H groups in total. The molecule has 2 aliphatic rings. The van der Waals surface area contributed by atoms with Gasteiger partial charge in [-0.25, -0.2) is 4.79 Å². The van der Waals surface area contributed by atoms with Crippen LogP contribution in [0.3, 0.4) is 0 Å². The number of alkyl halides is 3. The van der Waals surface area contributed by atoms with Gasteiger partial charge >= 0.3 is 12.1 Å². The lowest BCUT2D eigenvalue weighted by molar-refractivity contribution is -0.192. The monoisotopic (exact) mass is 451 g/mol. The highest BCUT2D eigenvalue weighted by molar-refractivity contribution is 5.73. The van der Waals surface area contributed by atoms with Crippen molar-refractivity contribution in [3.05, 3.63) is 18.0 Å². The zero-order chi connectivity index (χ0) is 22.9. The Balaban J connectivity index is 0.000000423. The van der Waals surface area contributed by atoms with Gasteiger partial charge in [-0.3, -0.25) is 9.58 Å². The molecule has 31 heavy (non-hydrogen) atoms. The number of carboxylic acid groups (broad SMARTS) is 1. The summed E-state index contributed by atoms with van der Waals surface area (Å²) in [5, 5.41) is 11.4. The van der Waals surface area contributed by atoms with E-state index in [4.69, 9.17) is 24.1 Å². The molecule has 11 heteroatoms. The average molecular weight is 451 g/mol. The molecule has 178 valence electrons. The molecule has 2 aliphatic heterocycles. The second kappa shape index (κ2) is 12.4. The third-order valence-electron chi connectivity index (χ3n) is 5.50. The quantitative estimate of drug-likeness (QED) is 0.606. The Morgan fingerprint density at radius 3 is 2.52 bits per heavy atom. The molecule has 0 saturated carbocycles. The molecule has 1 aromatic rings. The van der Waals surface area contributed by atoms with E-state index in [1.807, 2.05) is 17.9 Å². The first-order valence-electron chi connectivity index (χ1n) is 10.4. The van der Waals surface area contributed by atoms with E-state index in [9.17, 15) is 13.2 Å². The van der Waals surface area contributed by atoms with Crippen molar-refractivity contribution in [3.63, 3.8) is 0 Å². The molecule has 8 nitrogen and oxygen atoms in total. The topological polar surface area (TPSA) is 86.1 Å². The van der Waals surface area contributed by atoms with Gasteiger partial charge in [-0.15, -0.1) is 0 Å². The molecular weight excluding hydrogens is 419 g/mol. The number of ether oxygens (including phenoxy) is 3. The highest BCUT2D eigenvalue weighted by Gasteiger charge is 2.38. The highest BCUT2D eigenvalue weighted by Crippen LogP contribution is 2.27. The number of hydrogen-bond donors (Lipinski definition) is 1. The van der Waals surface area contributed by atoms with Crippen LogP contribution in [-0.2, 0) is 32.5 Å². The molecule has 0 aromatic carbocycles. The Labute approximate surface area is 180 Å². The van der Waals surface area contributed by atoms with E-state index < -0.39 is 12.1 Å². The number of likely N-dealkylation sites (tertiary alicyclic amines) is 1. The van der Waals surface area contributed by atoms with Gasteiger partial charge in [0.1, 0.15) is 0 Å². The van der Waals surface area contributed by atoms with Crippen LogP contribution in [0.4, 0.5) is 13.2 Å². The fraction of sp³-hybridized carbons (Fsp3) is 0.800. The molecule has 0 radical (unpaired) electrons. The van der Waals surface area contributed by atoms with Crippen LogP contribution in [-0.4, -0.2) is 90.7 Å². The SMILES string of the molecule is COCCO[C@H]1CCN(CC2CCOCC2)[C@H]1Cc1cnn(C)c1.O=C(O)C(F)(F)F. The van der Waals surface area contributed by atoms with E-state index in [-0.39, 0.29) is 0 Å². The van der Waals surface area contributed by atoms with Crippen molar-refractivity contribution in [2.75, 3.05) is 46.6 Å². The number of aryl methyl sites for hydroxylation is 1. The summed E-state index contributed by atoms with van der Waals surface area (Å²) in [6, 6.07) is 0.439. The lowest BCUT2D eigenvalue weighted by atomic mass is 9.98. The maximum Gasteiger partial charge on any atom is 0.490 e. The second-order valence-corrected chi connectivity index (χ2v) is 7.84. The van der Waals surface area contributed by atoms with Crippen LogP contribution < -0.4 is 0 Å². The summed E-state index contributed by atoms with van der Waals surface area (Å²) in [5.74, 6) is -2.00. The van der Waals surface area contributed by atoms with Crippen molar-refractivity contribution >= 4 is 5.97 Å². The van der Waals surface area contributed by atoms with Gasteiger partial charge in [0, 0.05) is 52.7 Å². The van der Waals surface area contributed by atoms with Crippen LogP contribution in [0, 0.1) is 5.92 Å². The Kier molecular flexibility index (Phi) is 10.2. The molecule has 3 heterocycles. The number of methoxy groups -OCH3 is 1. The summed E-state index contributed by atoms with van der Waals surface area (Å²) in [4.78, 5) is 11.5. The summed E-state index contributed by atoms with van der Waals surface area (Å²) >= 11 is 0. The van der Waals surface area contributed by atoms with Gasteiger partial charge in [-0.2, -0.15) is 18.3 Å². The van der Waals surface area contributed by atoms with Crippen molar-refractivity contribution in [2.45, 2.75) is 44.0 Å². The van der Waals surface area contributed by atoms with E-state index in [0.29, 0.717) is 25.4 Å². The van der Waals surface area contributed by atoms with Crippen LogP contribution in [0.15, 0.2) is 12.4 Å². The van der Waals surface area contributed by atoms with Gasteiger partial charge in [0.25, 0.3) is 0 Å². The fourth-order valence-electron chi connectivity index (χ4n) is 3.93. The first kappa shape index (κ1) is 25.6. The number of hydrogen-bond acceptors (Lipinski definition) is 6. The molecule has 1 aromatic heterocycles. The maximum atomic E-state index is 10.6. The van der Waals surface area contributed by atoms with Crippen molar-refractivity contribution in [3.8, 4) is 0 Å². The molecule has 2 fully saturated rings. The lowest BCUT2D eigenvalue weighted by Gasteiger charge is -2.32. The first-order chi connectivity index (χ1) is 14.7. The summed E-state index contributed by atoms with van der Waals surface area (Å²) in [5.41, 5.74) is 1.29. The molecule has 0 amide bonds. The van der Waals surface area contributed by atoms with Gasteiger partial charge in [-0.1, -0.05) is 0 Å². The number of rotatable bonds is 8. The molecule has 0 bridgehead atoms. The van der Waals surface area contributed by atoms with E-state index in [2.05, 4.69) is 16.2 Å². The zero-order valence-electron chi connectivity index (χ0n) is 18.0. The molecular formula is C20H32F3N3O5. The zero-order valence-corrected chi connectivity index (χ0v) is 18.0. The third-order valence-corrected chi connectivity index (χ3v) is 5.50. The third kappa shape index (κ3) is 8.76. The van der Waals surface area contributed by atoms with Crippen LogP contribution in [0.1, 0.15) is 24.8 Å². The summed E-state index contributed by atoms with van der Waals surface area (Å²) < 4.78 is 50.4. The first-order valence-corrected chi connectivity index (χ1v) is 10.4. The van der Waals surface area contributed by atoms with Crippen LogP contribution in [0.25, 0.3) is 0 Å². The Bertz CT molecular complexity index is 665. The number of carboxylic acids is 1. The van der Waals surface area contributed by atoms with Crippen LogP contribution in [0.2, 0.25) is 0 Å². The Morgan fingerprint density at radius 1 is 1.29 bits per heavy atom. The fourth-order valence-corrected chi connectivity index (χ4v) is 3.93. The smallest absolute Gasteiger partial charge is 0.475 e. The Hall–Kier alpha value is -1.69. The molecule has 2 saturated heterocycles. The van der Waals surface area contributed by atoms with Crippen molar-refractivity contribution in [1.29, 1.82) is 0 Å². The highest BCUT2D eigenvalue weighted by atomic mass is 19.4. The molecule has 2 atom stereocenters. The van der Waals surface area contributed by atoms with E-state index >= 15 is 0 Å². The number of nitrogens with zero attached hydrogens (tertiary/aromatic N) is 3. The van der Waals surface area contributed by atoms with Gasteiger partial charge in [-0.05, 0) is 37.2 Å².